The number of ether oxygens (including phenoxy) is 1. The van der Waals surface area contributed by atoms with E-state index in [0.717, 1.165) is 5.69 Å². The summed E-state index contributed by atoms with van der Waals surface area (Å²) in [5.41, 5.74) is 2.39. The zero-order chi connectivity index (χ0) is 9.90. The predicted octanol–water partition coefficient (Wildman–Crippen LogP) is 2.53. The Balaban J connectivity index is 3.05. The van der Waals surface area contributed by atoms with Crippen LogP contribution in [0.5, 0.6) is 0 Å². The first-order chi connectivity index (χ1) is 6.05. The second-order valence-electron chi connectivity index (χ2n) is 4.19. The fraction of sp³-hybridized carbons (Fsp3) is 0.545. The Hall–Kier alpha value is -0.890. The highest BCUT2D eigenvalue weighted by Crippen LogP contribution is 2.23. The van der Waals surface area contributed by atoms with Gasteiger partial charge in [-0.15, -0.1) is 0 Å². The molecule has 0 aliphatic heterocycles. The highest BCUT2D eigenvalue weighted by Gasteiger charge is 2.18. The maximum atomic E-state index is 5.12. The average molecular weight is 179 g/mol. The molecule has 72 valence electrons. The maximum Gasteiger partial charge on any atom is 0.0731 e. The molecule has 0 aliphatic rings. The van der Waals surface area contributed by atoms with E-state index in [4.69, 9.17) is 4.74 Å². The third-order valence-electron chi connectivity index (χ3n) is 1.90. The van der Waals surface area contributed by atoms with Gasteiger partial charge in [-0.05, 0) is 11.6 Å². The molecule has 0 N–H and O–H groups in total. The van der Waals surface area contributed by atoms with Crippen molar-refractivity contribution in [3.63, 3.8) is 0 Å². The van der Waals surface area contributed by atoms with Gasteiger partial charge in [0.2, 0.25) is 0 Å². The minimum Gasteiger partial charge on any atom is -0.380 e. The zero-order valence-corrected chi connectivity index (χ0v) is 8.79. The Bertz CT molecular complexity index is 276. The van der Waals surface area contributed by atoms with Crippen LogP contribution in [0, 0.1) is 0 Å². The minimum absolute atomic E-state index is 0.0924. The quantitative estimate of drug-likeness (QED) is 0.696. The highest BCUT2D eigenvalue weighted by molar-refractivity contribution is 5.25. The molecule has 13 heavy (non-hydrogen) atoms. The molecule has 1 aromatic rings. The van der Waals surface area contributed by atoms with Gasteiger partial charge in [0.1, 0.15) is 0 Å². The summed E-state index contributed by atoms with van der Waals surface area (Å²) in [6.07, 6.45) is 1.83. The van der Waals surface area contributed by atoms with Crippen molar-refractivity contribution in [2.45, 2.75) is 32.8 Å². The van der Waals surface area contributed by atoms with Gasteiger partial charge in [0.15, 0.2) is 0 Å². The SMILES string of the molecule is COCc1cccnc1C(C)(C)C. The Morgan fingerprint density at radius 3 is 2.62 bits per heavy atom. The summed E-state index contributed by atoms with van der Waals surface area (Å²) in [4.78, 5) is 4.39. The molecular weight excluding hydrogens is 162 g/mol. The lowest BCUT2D eigenvalue weighted by molar-refractivity contribution is 0.182. The normalized spacial score (nSPS) is 11.7. The van der Waals surface area contributed by atoms with Crippen molar-refractivity contribution in [2.24, 2.45) is 0 Å². The number of hydrogen-bond acceptors (Lipinski definition) is 2. The third-order valence-corrected chi connectivity index (χ3v) is 1.90. The molecule has 1 heterocycles. The lowest BCUT2D eigenvalue weighted by atomic mass is 9.88. The van der Waals surface area contributed by atoms with E-state index in [2.05, 4.69) is 31.8 Å². The highest BCUT2D eigenvalue weighted by atomic mass is 16.5. The van der Waals surface area contributed by atoms with Gasteiger partial charge in [-0.3, -0.25) is 4.98 Å². The van der Waals surface area contributed by atoms with Gasteiger partial charge in [0.25, 0.3) is 0 Å². The molecule has 0 saturated heterocycles. The Kier molecular flexibility index (Phi) is 3.04. The Labute approximate surface area is 80.0 Å². The molecule has 1 rings (SSSR count). The summed E-state index contributed by atoms with van der Waals surface area (Å²) >= 11 is 0. The molecule has 2 nitrogen and oxygen atoms in total. The van der Waals surface area contributed by atoms with E-state index >= 15 is 0 Å². The standard InChI is InChI=1S/C11H17NO/c1-11(2,3)10-9(8-13-4)6-5-7-12-10/h5-7H,8H2,1-4H3. The van der Waals surface area contributed by atoms with Gasteiger partial charge >= 0.3 is 0 Å². The molecule has 0 aromatic carbocycles. The van der Waals surface area contributed by atoms with Crippen molar-refractivity contribution in [3.05, 3.63) is 29.6 Å². The van der Waals surface area contributed by atoms with Crippen molar-refractivity contribution in [1.82, 2.24) is 4.98 Å². The van der Waals surface area contributed by atoms with Crippen LogP contribution in [-0.2, 0) is 16.8 Å². The second-order valence-corrected chi connectivity index (χ2v) is 4.19. The summed E-state index contributed by atoms with van der Waals surface area (Å²) in [6, 6.07) is 4.01. The van der Waals surface area contributed by atoms with Crippen molar-refractivity contribution >= 4 is 0 Å². The molecule has 0 amide bonds. The van der Waals surface area contributed by atoms with E-state index in [1.807, 2.05) is 12.3 Å². The molecular formula is C11H17NO. The average Bonchev–Trinajstić information content (AvgIpc) is 2.04. The Morgan fingerprint density at radius 2 is 2.08 bits per heavy atom. The van der Waals surface area contributed by atoms with E-state index in [9.17, 15) is 0 Å². The van der Waals surface area contributed by atoms with Gasteiger partial charge in [-0.25, -0.2) is 0 Å². The molecule has 1 aromatic heterocycles. The molecule has 0 fully saturated rings. The largest absolute Gasteiger partial charge is 0.380 e. The van der Waals surface area contributed by atoms with Gasteiger partial charge in [0.05, 0.1) is 12.3 Å². The van der Waals surface area contributed by atoms with Crippen molar-refractivity contribution < 1.29 is 4.74 Å². The topological polar surface area (TPSA) is 22.1 Å². The Morgan fingerprint density at radius 1 is 1.38 bits per heavy atom. The summed E-state index contributed by atoms with van der Waals surface area (Å²) in [5, 5.41) is 0. The monoisotopic (exact) mass is 179 g/mol. The molecule has 0 bridgehead atoms. The molecule has 0 atom stereocenters. The van der Waals surface area contributed by atoms with Crippen molar-refractivity contribution in [3.8, 4) is 0 Å². The van der Waals surface area contributed by atoms with Crippen LogP contribution < -0.4 is 0 Å². The minimum atomic E-state index is 0.0924. The van der Waals surface area contributed by atoms with E-state index in [-0.39, 0.29) is 5.41 Å². The lowest BCUT2D eigenvalue weighted by Gasteiger charge is -2.20. The van der Waals surface area contributed by atoms with Crippen LogP contribution in [0.1, 0.15) is 32.0 Å². The van der Waals surface area contributed by atoms with Gasteiger partial charge in [-0.1, -0.05) is 26.8 Å². The van der Waals surface area contributed by atoms with E-state index in [1.54, 1.807) is 7.11 Å². The van der Waals surface area contributed by atoms with Gasteiger partial charge in [-0.2, -0.15) is 0 Å². The number of nitrogens with zero attached hydrogens (tertiary/aromatic N) is 1. The van der Waals surface area contributed by atoms with Gasteiger partial charge in [0, 0.05) is 18.7 Å². The number of aromatic nitrogens is 1. The first kappa shape index (κ1) is 10.2. The van der Waals surface area contributed by atoms with Crippen LogP contribution in [0.25, 0.3) is 0 Å². The molecule has 2 heteroatoms. The lowest BCUT2D eigenvalue weighted by Crippen LogP contribution is -2.16. The van der Waals surface area contributed by atoms with Crippen LogP contribution in [0.4, 0.5) is 0 Å². The number of pyridine rings is 1. The molecule has 0 saturated carbocycles. The summed E-state index contributed by atoms with van der Waals surface area (Å²) in [5.74, 6) is 0. The molecule has 0 unspecified atom stereocenters. The molecule has 0 spiro atoms. The van der Waals surface area contributed by atoms with Crippen LogP contribution in [0.15, 0.2) is 18.3 Å². The number of methoxy groups -OCH3 is 1. The predicted molar refractivity (Wildman–Crippen MR) is 53.7 cm³/mol. The fourth-order valence-electron chi connectivity index (χ4n) is 1.39. The first-order valence-electron chi connectivity index (χ1n) is 4.49. The third kappa shape index (κ3) is 2.52. The van der Waals surface area contributed by atoms with Crippen LogP contribution in [-0.4, -0.2) is 12.1 Å². The number of hydrogen-bond donors (Lipinski definition) is 0. The van der Waals surface area contributed by atoms with Crippen molar-refractivity contribution in [1.29, 1.82) is 0 Å². The second kappa shape index (κ2) is 3.88. The van der Waals surface area contributed by atoms with Crippen LogP contribution in [0.3, 0.4) is 0 Å². The van der Waals surface area contributed by atoms with Crippen LogP contribution >= 0.6 is 0 Å². The van der Waals surface area contributed by atoms with Gasteiger partial charge < -0.3 is 4.74 Å². The number of rotatable bonds is 2. The van der Waals surface area contributed by atoms with E-state index < -0.39 is 0 Å². The fourth-order valence-corrected chi connectivity index (χ4v) is 1.39. The smallest absolute Gasteiger partial charge is 0.0731 e. The summed E-state index contributed by atoms with van der Waals surface area (Å²) in [6.45, 7) is 7.12. The summed E-state index contributed by atoms with van der Waals surface area (Å²) < 4.78 is 5.12. The molecule has 0 aliphatic carbocycles. The van der Waals surface area contributed by atoms with Crippen LogP contribution in [0.2, 0.25) is 0 Å². The summed E-state index contributed by atoms with van der Waals surface area (Å²) in [7, 11) is 1.71. The molecule has 0 radical (unpaired) electrons. The van der Waals surface area contributed by atoms with E-state index in [0.29, 0.717) is 6.61 Å². The van der Waals surface area contributed by atoms with Crippen molar-refractivity contribution in [2.75, 3.05) is 7.11 Å². The first-order valence-corrected chi connectivity index (χ1v) is 4.49. The maximum absolute atomic E-state index is 5.12. The zero-order valence-electron chi connectivity index (χ0n) is 8.79. The van der Waals surface area contributed by atoms with E-state index in [1.165, 1.54) is 5.56 Å².